The first-order valence-electron chi connectivity index (χ1n) is 2.91. The maximum atomic E-state index is 4.69. The first-order chi connectivity index (χ1) is 4.83. The summed E-state index contributed by atoms with van der Waals surface area (Å²) in [5, 5.41) is 0. The van der Waals surface area contributed by atoms with Gasteiger partial charge in [0, 0.05) is 4.90 Å². The van der Waals surface area contributed by atoms with Crippen molar-refractivity contribution < 1.29 is 4.84 Å². The number of hydrogen-bond acceptors (Lipinski definition) is 3. The van der Waals surface area contributed by atoms with E-state index in [2.05, 4.69) is 18.1 Å². The monoisotopic (exact) mass is 155 g/mol. The van der Waals surface area contributed by atoms with Crippen LogP contribution in [0.15, 0.2) is 29.2 Å². The van der Waals surface area contributed by atoms with Gasteiger partial charge in [0.1, 0.15) is 0 Å². The van der Waals surface area contributed by atoms with Gasteiger partial charge in [-0.15, -0.1) is 12.6 Å². The van der Waals surface area contributed by atoms with Crippen LogP contribution in [-0.2, 0) is 4.84 Å². The summed E-state index contributed by atoms with van der Waals surface area (Å²) in [6.45, 7) is 0. The fourth-order valence-corrected chi connectivity index (χ4v) is 0.796. The second-order valence-electron chi connectivity index (χ2n) is 1.85. The van der Waals surface area contributed by atoms with Crippen LogP contribution in [-0.4, -0.2) is 7.11 Å². The van der Waals surface area contributed by atoms with E-state index in [0.29, 0.717) is 0 Å². The smallest absolute Gasteiger partial charge is 0.0636 e. The second-order valence-corrected chi connectivity index (χ2v) is 2.37. The van der Waals surface area contributed by atoms with E-state index >= 15 is 0 Å². The molecule has 0 aliphatic carbocycles. The molecule has 2 nitrogen and oxygen atoms in total. The van der Waals surface area contributed by atoms with Gasteiger partial charge in [-0.05, 0) is 24.3 Å². The van der Waals surface area contributed by atoms with Crippen molar-refractivity contribution in [3.8, 4) is 0 Å². The molecular weight excluding hydrogens is 146 g/mol. The summed E-state index contributed by atoms with van der Waals surface area (Å²) in [6, 6.07) is 7.58. The number of rotatable bonds is 2. The summed E-state index contributed by atoms with van der Waals surface area (Å²) < 4.78 is 0. The number of thiol groups is 1. The van der Waals surface area contributed by atoms with E-state index in [0.717, 1.165) is 10.6 Å². The van der Waals surface area contributed by atoms with Crippen LogP contribution in [0.3, 0.4) is 0 Å². The number of benzene rings is 1. The third-order valence-corrected chi connectivity index (χ3v) is 1.39. The van der Waals surface area contributed by atoms with Gasteiger partial charge in [-0.2, -0.15) is 0 Å². The standard InChI is InChI=1S/C7H9NOS/c1-9-8-6-2-4-7(10)5-3-6/h2-5,8,10H,1H3. The van der Waals surface area contributed by atoms with E-state index in [1.54, 1.807) is 7.11 Å². The van der Waals surface area contributed by atoms with Crippen molar-refractivity contribution in [2.75, 3.05) is 12.6 Å². The molecule has 10 heavy (non-hydrogen) atoms. The third-order valence-electron chi connectivity index (χ3n) is 1.09. The summed E-state index contributed by atoms with van der Waals surface area (Å²) in [5.74, 6) is 0. The zero-order valence-corrected chi connectivity index (χ0v) is 6.56. The zero-order chi connectivity index (χ0) is 7.40. The second kappa shape index (κ2) is 3.49. The Balaban J connectivity index is 2.69. The average molecular weight is 155 g/mol. The fourth-order valence-electron chi connectivity index (χ4n) is 0.647. The molecule has 1 aromatic rings. The highest BCUT2D eigenvalue weighted by atomic mass is 32.1. The predicted molar refractivity (Wildman–Crippen MR) is 44.3 cm³/mol. The molecule has 1 aromatic carbocycles. The van der Waals surface area contributed by atoms with Gasteiger partial charge >= 0.3 is 0 Å². The molecule has 0 radical (unpaired) electrons. The average Bonchev–Trinajstić information content (AvgIpc) is 1.95. The van der Waals surface area contributed by atoms with Gasteiger partial charge < -0.3 is 0 Å². The molecule has 0 fully saturated rings. The normalized spacial score (nSPS) is 9.40. The predicted octanol–water partition coefficient (Wildman–Crippen LogP) is 1.95. The first-order valence-corrected chi connectivity index (χ1v) is 3.35. The van der Waals surface area contributed by atoms with E-state index in [1.807, 2.05) is 24.3 Å². The largest absolute Gasteiger partial charge is 0.279 e. The Bertz CT molecular complexity index is 197. The molecule has 0 saturated heterocycles. The zero-order valence-electron chi connectivity index (χ0n) is 5.66. The Morgan fingerprint density at radius 1 is 1.30 bits per heavy atom. The SMILES string of the molecule is CONc1ccc(S)cc1. The summed E-state index contributed by atoms with van der Waals surface area (Å²) >= 11 is 4.13. The molecule has 0 unspecified atom stereocenters. The molecule has 0 aliphatic rings. The third kappa shape index (κ3) is 1.93. The lowest BCUT2D eigenvalue weighted by Gasteiger charge is -2.00. The fraction of sp³-hybridized carbons (Fsp3) is 0.143. The topological polar surface area (TPSA) is 21.3 Å². The van der Waals surface area contributed by atoms with E-state index in [9.17, 15) is 0 Å². The lowest BCUT2D eigenvalue weighted by atomic mass is 10.3. The first kappa shape index (κ1) is 7.44. The highest BCUT2D eigenvalue weighted by Gasteiger charge is 1.87. The molecule has 0 heterocycles. The molecular formula is C7H9NOS. The Labute approximate surface area is 65.6 Å². The molecule has 0 aromatic heterocycles. The van der Waals surface area contributed by atoms with Gasteiger partial charge in [0.2, 0.25) is 0 Å². The highest BCUT2D eigenvalue weighted by molar-refractivity contribution is 7.80. The van der Waals surface area contributed by atoms with Crippen LogP contribution >= 0.6 is 12.6 Å². The Kier molecular flexibility index (Phi) is 2.59. The van der Waals surface area contributed by atoms with Crippen LogP contribution in [0, 0.1) is 0 Å². The minimum absolute atomic E-state index is 0.931. The summed E-state index contributed by atoms with van der Waals surface area (Å²) in [4.78, 5) is 5.64. The van der Waals surface area contributed by atoms with Gasteiger partial charge in [0.05, 0.1) is 12.8 Å². The Morgan fingerprint density at radius 3 is 2.40 bits per heavy atom. The van der Waals surface area contributed by atoms with Crippen LogP contribution in [0.4, 0.5) is 5.69 Å². The minimum atomic E-state index is 0.931. The maximum Gasteiger partial charge on any atom is 0.0636 e. The maximum absolute atomic E-state index is 4.69. The Hall–Kier alpha value is -0.670. The van der Waals surface area contributed by atoms with Crippen molar-refractivity contribution in [2.45, 2.75) is 4.90 Å². The molecule has 0 amide bonds. The molecule has 0 saturated carbocycles. The van der Waals surface area contributed by atoms with Crippen LogP contribution in [0.25, 0.3) is 0 Å². The van der Waals surface area contributed by atoms with Crippen molar-refractivity contribution in [3.63, 3.8) is 0 Å². The summed E-state index contributed by atoms with van der Waals surface area (Å²) in [6.07, 6.45) is 0. The number of anilines is 1. The molecule has 0 atom stereocenters. The molecule has 54 valence electrons. The van der Waals surface area contributed by atoms with E-state index in [-0.39, 0.29) is 0 Å². The van der Waals surface area contributed by atoms with Crippen molar-refractivity contribution in [3.05, 3.63) is 24.3 Å². The molecule has 0 aliphatic heterocycles. The van der Waals surface area contributed by atoms with Gasteiger partial charge in [0.25, 0.3) is 0 Å². The molecule has 1 rings (SSSR count). The molecule has 0 spiro atoms. The number of nitrogens with one attached hydrogen (secondary N) is 1. The van der Waals surface area contributed by atoms with E-state index in [1.165, 1.54) is 0 Å². The Morgan fingerprint density at radius 2 is 1.90 bits per heavy atom. The minimum Gasteiger partial charge on any atom is -0.279 e. The molecule has 0 bridgehead atoms. The van der Waals surface area contributed by atoms with Crippen LogP contribution in [0.1, 0.15) is 0 Å². The van der Waals surface area contributed by atoms with Crippen molar-refractivity contribution in [1.29, 1.82) is 0 Å². The lowest BCUT2D eigenvalue weighted by molar-refractivity contribution is 0.271. The molecule has 1 N–H and O–H groups in total. The van der Waals surface area contributed by atoms with Crippen molar-refractivity contribution >= 4 is 18.3 Å². The summed E-state index contributed by atoms with van der Waals surface area (Å²) in [7, 11) is 1.58. The van der Waals surface area contributed by atoms with E-state index in [4.69, 9.17) is 4.84 Å². The van der Waals surface area contributed by atoms with Gasteiger partial charge in [-0.1, -0.05) is 0 Å². The highest BCUT2D eigenvalue weighted by Crippen LogP contribution is 2.11. The van der Waals surface area contributed by atoms with Crippen LogP contribution in [0.2, 0.25) is 0 Å². The van der Waals surface area contributed by atoms with Gasteiger partial charge in [0.15, 0.2) is 0 Å². The summed E-state index contributed by atoms with van der Waals surface area (Å²) in [5.41, 5.74) is 3.63. The van der Waals surface area contributed by atoms with Crippen molar-refractivity contribution in [2.24, 2.45) is 0 Å². The lowest BCUT2D eigenvalue weighted by Crippen LogP contribution is -1.93. The van der Waals surface area contributed by atoms with Crippen LogP contribution < -0.4 is 5.48 Å². The van der Waals surface area contributed by atoms with Gasteiger partial charge in [-0.3, -0.25) is 10.3 Å². The molecule has 3 heteroatoms. The van der Waals surface area contributed by atoms with E-state index < -0.39 is 0 Å². The quantitative estimate of drug-likeness (QED) is 0.503. The van der Waals surface area contributed by atoms with Crippen molar-refractivity contribution in [1.82, 2.24) is 0 Å². The van der Waals surface area contributed by atoms with Gasteiger partial charge in [-0.25, -0.2) is 0 Å². The number of hydrogen-bond donors (Lipinski definition) is 2. The van der Waals surface area contributed by atoms with Crippen LogP contribution in [0.5, 0.6) is 0 Å².